The molecule has 1 aromatic rings. The summed E-state index contributed by atoms with van der Waals surface area (Å²) in [5, 5.41) is 9.40. The summed E-state index contributed by atoms with van der Waals surface area (Å²) in [4.78, 5) is 11.6. The zero-order valence-corrected chi connectivity index (χ0v) is 9.58. The molecule has 0 amide bonds. The average molecular weight is 206 g/mol. The Morgan fingerprint density at radius 2 is 2.07 bits per heavy atom. The Balaban J connectivity index is 2.80. The molecule has 15 heavy (non-hydrogen) atoms. The summed E-state index contributed by atoms with van der Waals surface area (Å²) in [6, 6.07) is 6.05. The second kappa shape index (κ2) is 5.08. The lowest BCUT2D eigenvalue weighted by molar-refractivity contribution is -0.126. The molecule has 0 radical (unpaired) electrons. The fraction of sp³-hybridized carbons (Fsp3) is 0.462. The van der Waals surface area contributed by atoms with E-state index in [-0.39, 0.29) is 5.78 Å². The van der Waals surface area contributed by atoms with Crippen molar-refractivity contribution in [1.82, 2.24) is 0 Å². The van der Waals surface area contributed by atoms with Crippen LogP contribution in [0.2, 0.25) is 0 Å². The Morgan fingerprint density at radius 3 is 2.67 bits per heavy atom. The molecule has 0 spiro atoms. The Kier molecular flexibility index (Phi) is 4.04. The number of benzene rings is 1. The Hall–Kier alpha value is -1.15. The molecule has 1 unspecified atom stereocenters. The molecule has 0 aliphatic carbocycles. The van der Waals surface area contributed by atoms with Crippen LogP contribution in [0.1, 0.15) is 30.0 Å². The van der Waals surface area contributed by atoms with Crippen molar-refractivity contribution in [3.63, 3.8) is 0 Å². The highest BCUT2D eigenvalue weighted by Crippen LogP contribution is 2.12. The number of hydrogen-bond donors (Lipinski definition) is 1. The summed E-state index contributed by atoms with van der Waals surface area (Å²) in [6.45, 7) is 5.80. The Morgan fingerprint density at radius 1 is 1.40 bits per heavy atom. The maximum atomic E-state index is 11.6. The third kappa shape index (κ3) is 3.17. The molecule has 1 aromatic carbocycles. The van der Waals surface area contributed by atoms with E-state index in [9.17, 15) is 9.90 Å². The molecule has 0 aliphatic heterocycles. The predicted molar refractivity (Wildman–Crippen MR) is 60.9 cm³/mol. The minimum atomic E-state index is -0.815. The minimum absolute atomic E-state index is 0.0915. The van der Waals surface area contributed by atoms with Crippen molar-refractivity contribution >= 4 is 5.78 Å². The summed E-state index contributed by atoms with van der Waals surface area (Å²) in [6.07, 6.45) is 0.0107. The lowest BCUT2D eigenvalue weighted by Gasteiger charge is -2.09. The Bertz CT molecular complexity index is 356. The van der Waals surface area contributed by atoms with E-state index in [0.29, 0.717) is 12.8 Å². The lowest BCUT2D eigenvalue weighted by Crippen LogP contribution is -2.21. The lowest BCUT2D eigenvalue weighted by atomic mass is 9.98. The molecule has 0 heterocycles. The summed E-state index contributed by atoms with van der Waals surface area (Å²) in [5.41, 5.74) is 3.28. The van der Waals surface area contributed by atoms with Crippen molar-refractivity contribution in [2.24, 2.45) is 0 Å². The van der Waals surface area contributed by atoms with Crippen molar-refractivity contribution in [3.05, 3.63) is 34.9 Å². The zero-order chi connectivity index (χ0) is 11.4. The van der Waals surface area contributed by atoms with E-state index in [4.69, 9.17) is 0 Å². The molecule has 1 N–H and O–H groups in total. The molecule has 0 aromatic heterocycles. The number of Topliss-reactive ketones (excluding diaryl/α,β-unsaturated/α-hetero) is 1. The van der Waals surface area contributed by atoms with E-state index in [1.807, 2.05) is 39.0 Å². The maximum Gasteiger partial charge on any atom is 0.165 e. The van der Waals surface area contributed by atoms with Crippen LogP contribution in [0.15, 0.2) is 18.2 Å². The Labute approximate surface area is 90.9 Å². The summed E-state index contributed by atoms with van der Waals surface area (Å²) >= 11 is 0. The molecule has 0 aliphatic rings. The maximum absolute atomic E-state index is 11.6. The highest BCUT2D eigenvalue weighted by Gasteiger charge is 2.14. The predicted octanol–water partition coefficient (Wildman–Crippen LogP) is 2.19. The third-order valence-electron chi connectivity index (χ3n) is 2.63. The zero-order valence-electron chi connectivity index (χ0n) is 9.58. The van der Waals surface area contributed by atoms with Crippen molar-refractivity contribution in [3.8, 4) is 0 Å². The average Bonchev–Trinajstić information content (AvgIpc) is 2.22. The minimum Gasteiger partial charge on any atom is -0.385 e. The number of aliphatic hydroxyl groups is 1. The molecule has 1 rings (SSSR count). The van der Waals surface area contributed by atoms with Crippen LogP contribution in [0.25, 0.3) is 0 Å². The van der Waals surface area contributed by atoms with E-state index < -0.39 is 6.10 Å². The monoisotopic (exact) mass is 206 g/mol. The van der Waals surface area contributed by atoms with Crippen molar-refractivity contribution < 1.29 is 9.90 Å². The number of aryl methyl sites for hydroxylation is 2. The first-order chi connectivity index (χ1) is 7.04. The molecule has 0 fully saturated rings. The summed E-state index contributed by atoms with van der Waals surface area (Å²) < 4.78 is 0. The van der Waals surface area contributed by atoms with Gasteiger partial charge in [-0.15, -0.1) is 0 Å². The van der Waals surface area contributed by atoms with Gasteiger partial charge in [0.1, 0.15) is 6.10 Å². The van der Waals surface area contributed by atoms with Gasteiger partial charge in [0.05, 0.1) is 0 Å². The smallest absolute Gasteiger partial charge is 0.165 e. The van der Waals surface area contributed by atoms with Gasteiger partial charge in [-0.2, -0.15) is 0 Å². The van der Waals surface area contributed by atoms with Crippen LogP contribution >= 0.6 is 0 Å². The van der Waals surface area contributed by atoms with Crippen LogP contribution in [-0.4, -0.2) is 17.0 Å². The van der Waals surface area contributed by atoms with Gasteiger partial charge in [0, 0.05) is 6.42 Å². The van der Waals surface area contributed by atoms with Gasteiger partial charge in [0.2, 0.25) is 0 Å². The second-order valence-electron chi connectivity index (χ2n) is 4.00. The molecular weight excluding hydrogens is 188 g/mol. The van der Waals surface area contributed by atoms with Gasteiger partial charge in [0.15, 0.2) is 5.78 Å². The van der Waals surface area contributed by atoms with Crippen LogP contribution in [-0.2, 0) is 11.2 Å². The molecule has 0 saturated carbocycles. The quantitative estimate of drug-likeness (QED) is 0.820. The highest BCUT2D eigenvalue weighted by atomic mass is 16.3. The number of aliphatic hydroxyl groups excluding tert-OH is 1. The third-order valence-corrected chi connectivity index (χ3v) is 2.63. The fourth-order valence-electron chi connectivity index (χ4n) is 1.52. The van der Waals surface area contributed by atoms with Gasteiger partial charge < -0.3 is 5.11 Å². The normalized spacial score (nSPS) is 12.5. The first-order valence-electron chi connectivity index (χ1n) is 5.31. The topological polar surface area (TPSA) is 37.3 Å². The second-order valence-corrected chi connectivity index (χ2v) is 4.00. The molecule has 2 nitrogen and oxygen atoms in total. The van der Waals surface area contributed by atoms with Crippen LogP contribution in [0, 0.1) is 13.8 Å². The van der Waals surface area contributed by atoms with Crippen LogP contribution < -0.4 is 0 Å². The summed E-state index contributed by atoms with van der Waals surface area (Å²) in [7, 11) is 0. The molecule has 82 valence electrons. The standard InChI is InChI=1S/C13H18O2/c1-4-12(14)13(15)8-11-7-9(2)5-6-10(11)3/h5-7,12,14H,4,8H2,1-3H3. The number of ketones is 1. The van der Waals surface area contributed by atoms with Gasteiger partial charge >= 0.3 is 0 Å². The SMILES string of the molecule is CCC(O)C(=O)Cc1cc(C)ccc1C. The molecule has 1 atom stereocenters. The van der Waals surface area contributed by atoms with Crippen molar-refractivity contribution in [2.75, 3.05) is 0 Å². The first-order valence-corrected chi connectivity index (χ1v) is 5.31. The van der Waals surface area contributed by atoms with Gasteiger partial charge in [0.25, 0.3) is 0 Å². The first kappa shape index (κ1) is 11.9. The van der Waals surface area contributed by atoms with E-state index in [1.54, 1.807) is 0 Å². The molecular formula is C13H18O2. The van der Waals surface area contributed by atoms with Crippen LogP contribution in [0.3, 0.4) is 0 Å². The highest BCUT2D eigenvalue weighted by molar-refractivity contribution is 5.85. The molecule has 2 heteroatoms. The molecule has 0 saturated heterocycles. The van der Waals surface area contributed by atoms with Gasteiger partial charge in [-0.1, -0.05) is 30.7 Å². The largest absolute Gasteiger partial charge is 0.385 e. The van der Waals surface area contributed by atoms with E-state index in [2.05, 4.69) is 0 Å². The van der Waals surface area contributed by atoms with Crippen LogP contribution in [0.4, 0.5) is 0 Å². The van der Waals surface area contributed by atoms with E-state index in [0.717, 1.165) is 16.7 Å². The van der Waals surface area contributed by atoms with Crippen molar-refractivity contribution in [1.29, 1.82) is 0 Å². The summed E-state index contributed by atoms with van der Waals surface area (Å²) in [5.74, 6) is -0.0915. The number of rotatable bonds is 4. The molecule has 0 bridgehead atoms. The van der Waals surface area contributed by atoms with Gasteiger partial charge in [-0.25, -0.2) is 0 Å². The van der Waals surface area contributed by atoms with Gasteiger partial charge in [-0.05, 0) is 31.4 Å². The fourth-order valence-corrected chi connectivity index (χ4v) is 1.52. The number of carbonyl (C=O) groups excluding carboxylic acids is 1. The van der Waals surface area contributed by atoms with Crippen LogP contribution in [0.5, 0.6) is 0 Å². The number of hydrogen-bond acceptors (Lipinski definition) is 2. The van der Waals surface area contributed by atoms with Gasteiger partial charge in [-0.3, -0.25) is 4.79 Å². The van der Waals surface area contributed by atoms with E-state index >= 15 is 0 Å². The van der Waals surface area contributed by atoms with Crippen molar-refractivity contribution in [2.45, 2.75) is 39.7 Å². The van der Waals surface area contributed by atoms with E-state index in [1.165, 1.54) is 0 Å². The number of carbonyl (C=O) groups is 1.